The quantitative estimate of drug-likeness (QED) is 0.0910. The third-order valence-corrected chi connectivity index (χ3v) is 14.9. The molecule has 23 heteroatoms. The van der Waals surface area contributed by atoms with E-state index in [1.54, 1.807) is 30.3 Å². The molecule has 0 unspecified atom stereocenters. The smallest absolute Gasteiger partial charge is 0.371 e. The molecule has 0 amide bonds. The first kappa shape index (κ1) is 44.7. The monoisotopic (exact) mass is 984 g/mol. The Balaban J connectivity index is 0.000000170. The van der Waals surface area contributed by atoms with Gasteiger partial charge in [-0.25, -0.2) is 9.97 Å². The van der Waals surface area contributed by atoms with Crippen molar-refractivity contribution >= 4 is 96.4 Å². The van der Waals surface area contributed by atoms with Crippen LogP contribution in [0.5, 0.6) is 0 Å². The summed E-state index contributed by atoms with van der Waals surface area (Å²) in [5.74, 6) is 0. The molecule has 10 rings (SSSR count). The number of hydrogen-bond donors (Lipinski definition) is 2. The molecule has 6 aromatic rings. The molecule has 2 aromatic heterocycles. The predicted octanol–water partition coefficient (Wildman–Crippen LogP) is 10.2. The Morgan fingerprint density at radius 1 is 0.651 bits per heavy atom. The molecule has 0 bridgehead atoms. The zero-order valence-electron chi connectivity index (χ0n) is 32.7. The maximum atomic E-state index is 12.9. The third kappa shape index (κ3) is 8.95. The van der Waals surface area contributed by atoms with Crippen LogP contribution in [0.4, 0.5) is 46.2 Å². The standard InChI is InChI=1S/C20H17F3N4O3S2.C20H17N5O3S2.Cu/c21-20(22,23)12-5-6-14-16(10-12)31-19(24-14)26-25-15-9-11-3-1-7-27-8-2-4-13(17(11)27)18(15)32(28,29)30;21-11-12-5-6-15-17(9-12)29-20(22-15)24-23-16-10-13-3-1-7-25-8-2-4-14(18(13)25)19(16)30(26,27)28;/h5-6,9-10H,1-4,7-8H2,(H,28,29,30);5-6,9-10H,1-4,7-8H2,(H,26,27,28);. The van der Waals surface area contributed by atoms with Gasteiger partial charge in [0.25, 0.3) is 20.2 Å². The first-order chi connectivity index (χ1) is 29.5. The molecular formula is C40H34CuF3N9O6S4. The van der Waals surface area contributed by atoms with Gasteiger partial charge in [0.05, 0.1) is 37.6 Å². The van der Waals surface area contributed by atoms with E-state index in [0.29, 0.717) is 50.4 Å². The first-order valence-electron chi connectivity index (χ1n) is 19.5. The molecule has 6 heterocycles. The summed E-state index contributed by atoms with van der Waals surface area (Å²) in [6.07, 6.45) is 1.71. The van der Waals surface area contributed by atoms with Crippen LogP contribution in [-0.2, 0) is 69.2 Å². The van der Waals surface area contributed by atoms with Gasteiger partial charge in [0.15, 0.2) is 0 Å². The predicted molar refractivity (Wildman–Crippen MR) is 228 cm³/mol. The molecule has 0 aliphatic carbocycles. The van der Waals surface area contributed by atoms with E-state index in [0.717, 1.165) is 115 Å². The molecule has 0 fully saturated rings. The summed E-state index contributed by atoms with van der Waals surface area (Å²) in [6.45, 7) is 3.44. The fourth-order valence-electron chi connectivity index (χ4n) is 8.70. The average molecular weight is 986 g/mol. The van der Waals surface area contributed by atoms with Gasteiger partial charge in [-0.15, -0.1) is 20.5 Å². The molecule has 0 saturated carbocycles. The molecule has 2 N–H and O–H groups in total. The van der Waals surface area contributed by atoms with E-state index in [9.17, 15) is 39.1 Å². The second kappa shape index (κ2) is 17.2. The first-order valence-corrected chi connectivity index (χ1v) is 24.0. The number of alkyl halides is 3. The van der Waals surface area contributed by atoms with Gasteiger partial charge < -0.3 is 9.80 Å². The molecule has 15 nitrogen and oxygen atoms in total. The molecule has 0 saturated heterocycles. The number of rotatable bonds is 6. The summed E-state index contributed by atoms with van der Waals surface area (Å²) in [4.78, 5) is 12.5. The molecule has 0 spiro atoms. The van der Waals surface area contributed by atoms with Crippen LogP contribution in [0.2, 0.25) is 0 Å². The van der Waals surface area contributed by atoms with E-state index in [1.165, 1.54) is 17.4 Å². The zero-order valence-corrected chi connectivity index (χ0v) is 36.9. The van der Waals surface area contributed by atoms with Gasteiger partial charge in [0.2, 0.25) is 10.3 Å². The van der Waals surface area contributed by atoms with Crippen LogP contribution in [0.25, 0.3) is 20.4 Å². The maximum Gasteiger partial charge on any atom is 0.416 e. The van der Waals surface area contributed by atoms with Crippen molar-refractivity contribution < 1.29 is 56.2 Å². The van der Waals surface area contributed by atoms with Crippen molar-refractivity contribution in [3.05, 3.63) is 81.9 Å². The maximum absolute atomic E-state index is 12.9. The van der Waals surface area contributed by atoms with E-state index in [1.807, 2.05) is 0 Å². The van der Waals surface area contributed by atoms with Gasteiger partial charge in [-0.3, -0.25) is 9.11 Å². The molecule has 1 radical (unpaired) electrons. The van der Waals surface area contributed by atoms with Gasteiger partial charge in [-0.2, -0.15) is 35.3 Å². The minimum Gasteiger partial charge on any atom is -0.371 e. The van der Waals surface area contributed by atoms with Crippen LogP contribution >= 0.6 is 22.7 Å². The van der Waals surface area contributed by atoms with E-state index >= 15 is 0 Å². The number of thiazole rings is 2. The number of hydrogen-bond acceptors (Lipinski definition) is 15. The second-order valence-electron chi connectivity index (χ2n) is 15.1. The van der Waals surface area contributed by atoms with Gasteiger partial charge in [-0.1, -0.05) is 22.7 Å². The van der Waals surface area contributed by atoms with Crippen molar-refractivity contribution in [2.24, 2.45) is 20.5 Å². The number of nitrogens with zero attached hydrogens (tertiary/aromatic N) is 9. The molecule has 63 heavy (non-hydrogen) atoms. The van der Waals surface area contributed by atoms with E-state index in [4.69, 9.17) is 5.26 Å². The molecular weight excluding hydrogens is 951 g/mol. The van der Waals surface area contributed by atoms with Crippen molar-refractivity contribution in [1.82, 2.24) is 9.97 Å². The van der Waals surface area contributed by atoms with E-state index in [2.05, 4.69) is 46.3 Å². The third-order valence-electron chi connectivity index (χ3n) is 11.1. The van der Waals surface area contributed by atoms with Crippen molar-refractivity contribution in [2.75, 3.05) is 36.0 Å². The summed E-state index contributed by atoms with van der Waals surface area (Å²) < 4.78 is 109. The summed E-state index contributed by atoms with van der Waals surface area (Å²) >= 11 is 2.19. The number of nitriles is 1. The van der Waals surface area contributed by atoms with Crippen molar-refractivity contribution in [3.63, 3.8) is 0 Å². The molecule has 4 aromatic carbocycles. The Bertz CT molecular complexity index is 3150. The van der Waals surface area contributed by atoms with Gasteiger partial charge in [0.1, 0.15) is 21.2 Å². The topological polar surface area (TPSA) is 214 Å². The van der Waals surface area contributed by atoms with Crippen LogP contribution in [0.1, 0.15) is 59.1 Å². The summed E-state index contributed by atoms with van der Waals surface area (Å²) in [5.41, 5.74) is 5.89. The largest absolute Gasteiger partial charge is 0.416 e. The normalized spacial score (nSPS) is 16.1. The average Bonchev–Trinajstić information content (AvgIpc) is 3.84. The number of fused-ring (bicyclic) bond motifs is 2. The van der Waals surface area contributed by atoms with Crippen LogP contribution in [0.15, 0.2) is 78.8 Å². The number of azo groups is 2. The van der Waals surface area contributed by atoms with Crippen LogP contribution in [-0.4, -0.2) is 62.1 Å². The Hall–Kier alpha value is -4.92. The Morgan fingerprint density at radius 2 is 1.10 bits per heavy atom. The van der Waals surface area contributed by atoms with Gasteiger partial charge in [-0.05, 0) is 122 Å². The van der Waals surface area contributed by atoms with E-state index in [-0.39, 0.29) is 43.4 Å². The summed E-state index contributed by atoms with van der Waals surface area (Å²) in [5, 5.41) is 25.9. The number of aryl methyl sites for hydroxylation is 2. The second-order valence-corrected chi connectivity index (χ2v) is 19.9. The number of benzene rings is 4. The SMILES string of the molecule is N#Cc1ccc2nc(N=Nc3cc4c5c(c3S(=O)(=O)O)CCCN5CCC4)sc2c1.O=S(=O)(O)c1c(N=Nc2nc3ccc(C(F)(F)F)cc3s2)cc2c3c1CCCN3CCC2.[Cu]. The van der Waals surface area contributed by atoms with Gasteiger partial charge in [0, 0.05) is 54.6 Å². The Kier molecular flexibility index (Phi) is 12.2. The molecule has 4 aliphatic heterocycles. The molecule has 0 atom stereocenters. The van der Waals surface area contributed by atoms with Crippen LogP contribution in [0.3, 0.4) is 0 Å². The Labute approximate surface area is 377 Å². The van der Waals surface area contributed by atoms with Crippen molar-refractivity contribution in [2.45, 2.75) is 67.3 Å². The van der Waals surface area contributed by atoms with Crippen molar-refractivity contribution in [3.8, 4) is 6.07 Å². The number of anilines is 2. The number of aromatic nitrogens is 2. The van der Waals surface area contributed by atoms with Crippen LogP contribution in [0, 0.1) is 11.3 Å². The van der Waals surface area contributed by atoms with Gasteiger partial charge >= 0.3 is 6.18 Å². The summed E-state index contributed by atoms with van der Waals surface area (Å²) in [6, 6.07) is 13.8. The summed E-state index contributed by atoms with van der Waals surface area (Å²) in [7, 11) is -9.04. The zero-order chi connectivity index (χ0) is 43.6. The van der Waals surface area contributed by atoms with Crippen molar-refractivity contribution in [1.29, 1.82) is 5.26 Å². The molecule has 331 valence electrons. The van der Waals surface area contributed by atoms with Crippen LogP contribution < -0.4 is 9.80 Å². The Morgan fingerprint density at radius 3 is 1.54 bits per heavy atom. The fourth-order valence-corrected chi connectivity index (χ4v) is 12.1. The minimum atomic E-state index is -4.57. The molecule has 4 aliphatic rings. The minimum absolute atomic E-state index is 0. The fraction of sp³-hybridized carbons (Fsp3) is 0.325. The van der Waals surface area contributed by atoms with E-state index < -0.39 is 32.0 Å². The number of halogens is 3.